The minimum atomic E-state index is 0.619. The summed E-state index contributed by atoms with van der Waals surface area (Å²) in [7, 11) is 3.88. The Kier molecular flexibility index (Phi) is 4.99. The van der Waals surface area contributed by atoms with Crippen molar-refractivity contribution in [3.63, 3.8) is 0 Å². The number of benzene rings is 1. The molecule has 4 heteroatoms. The molecule has 0 aliphatic carbocycles. The Hall–Kier alpha value is -1.57. The number of ether oxygens (including phenoxy) is 1. The Morgan fingerprint density at radius 3 is 2.85 bits per heavy atom. The molecule has 1 atom stereocenters. The van der Waals surface area contributed by atoms with Gasteiger partial charge in [-0.3, -0.25) is 4.90 Å². The zero-order chi connectivity index (χ0) is 14.5. The van der Waals surface area contributed by atoms with Crippen LogP contribution in [-0.2, 0) is 6.54 Å². The van der Waals surface area contributed by atoms with Crippen LogP contribution in [-0.4, -0.2) is 49.6 Å². The first-order chi connectivity index (χ1) is 9.67. The van der Waals surface area contributed by atoms with Crippen LogP contribution >= 0.6 is 0 Å². The van der Waals surface area contributed by atoms with Crippen molar-refractivity contribution < 1.29 is 4.74 Å². The molecule has 1 aromatic carbocycles. The summed E-state index contributed by atoms with van der Waals surface area (Å²) in [6, 6.07) is 8.46. The van der Waals surface area contributed by atoms with Crippen LogP contribution in [0.15, 0.2) is 18.2 Å². The highest BCUT2D eigenvalue weighted by atomic mass is 16.5. The predicted molar refractivity (Wildman–Crippen MR) is 79.7 cm³/mol. The van der Waals surface area contributed by atoms with Gasteiger partial charge in [0.15, 0.2) is 0 Å². The van der Waals surface area contributed by atoms with E-state index in [1.165, 1.54) is 6.42 Å². The summed E-state index contributed by atoms with van der Waals surface area (Å²) in [4.78, 5) is 4.88. The number of nitrogens with zero attached hydrogens (tertiary/aromatic N) is 3. The maximum atomic E-state index is 9.04. The largest absolute Gasteiger partial charge is 0.496 e. The fourth-order valence-corrected chi connectivity index (χ4v) is 2.81. The van der Waals surface area contributed by atoms with Gasteiger partial charge in [0.05, 0.1) is 18.7 Å². The Bertz CT molecular complexity index is 495. The summed E-state index contributed by atoms with van der Waals surface area (Å²) in [6.45, 7) is 6.32. The number of hydrogen-bond donors (Lipinski definition) is 0. The zero-order valence-electron chi connectivity index (χ0n) is 12.6. The maximum Gasteiger partial charge on any atom is 0.123 e. The van der Waals surface area contributed by atoms with Crippen molar-refractivity contribution in [1.82, 2.24) is 9.80 Å². The van der Waals surface area contributed by atoms with Crippen molar-refractivity contribution in [2.24, 2.45) is 0 Å². The highest BCUT2D eigenvalue weighted by Gasteiger charge is 2.23. The molecule has 1 saturated heterocycles. The fraction of sp³-hybridized carbons (Fsp3) is 0.562. The molecule has 0 N–H and O–H groups in total. The van der Waals surface area contributed by atoms with Crippen LogP contribution in [0.4, 0.5) is 0 Å². The molecular formula is C16H23N3O. The van der Waals surface area contributed by atoms with E-state index in [4.69, 9.17) is 10.00 Å². The van der Waals surface area contributed by atoms with Crippen LogP contribution in [0.3, 0.4) is 0 Å². The van der Waals surface area contributed by atoms with Gasteiger partial charge in [0.1, 0.15) is 5.75 Å². The molecule has 20 heavy (non-hydrogen) atoms. The molecular weight excluding hydrogens is 250 g/mol. The van der Waals surface area contributed by atoms with Crippen LogP contribution in [0.2, 0.25) is 0 Å². The lowest BCUT2D eigenvalue weighted by Crippen LogP contribution is -2.50. The van der Waals surface area contributed by atoms with Gasteiger partial charge in [-0.05, 0) is 31.7 Å². The quantitative estimate of drug-likeness (QED) is 0.842. The Morgan fingerprint density at radius 2 is 2.20 bits per heavy atom. The van der Waals surface area contributed by atoms with Crippen molar-refractivity contribution in [1.29, 1.82) is 5.26 Å². The molecule has 1 aliphatic heterocycles. The van der Waals surface area contributed by atoms with Gasteiger partial charge >= 0.3 is 0 Å². The second-order valence-electron chi connectivity index (χ2n) is 5.42. The Morgan fingerprint density at radius 1 is 1.40 bits per heavy atom. The van der Waals surface area contributed by atoms with Crippen molar-refractivity contribution in [2.75, 3.05) is 33.8 Å². The van der Waals surface area contributed by atoms with Gasteiger partial charge in [-0.15, -0.1) is 0 Å². The zero-order valence-corrected chi connectivity index (χ0v) is 12.6. The van der Waals surface area contributed by atoms with Crippen LogP contribution in [0.5, 0.6) is 5.75 Å². The molecule has 1 aliphatic rings. The van der Waals surface area contributed by atoms with Crippen molar-refractivity contribution in [3.8, 4) is 11.8 Å². The van der Waals surface area contributed by atoms with Crippen LogP contribution in [0.25, 0.3) is 0 Å². The lowest BCUT2D eigenvalue weighted by molar-refractivity contribution is 0.0878. The SMILES string of the molecule is CCC1CN(Cc2cc(C#N)ccc2OC)CCN1C. The van der Waals surface area contributed by atoms with E-state index < -0.39 is 0 Å². The van der Waals surface area contributed by atoms with Gasteiger partial charge in [-0.25, -0.2) is 0 Å². The molecule has 0 spiro atoms. The maximum absolute atomic E-state index is 9.04. The monoisotopic (exact) mass is 273 g/mol. The Labute approximate surface area is 121 Å². The van der Waals surface area contributed by atoms with E-state index in [9.17, 15) is 0 Å². The topological polar surface area (TPSA) is 39.5 Å². The minimum absolute atomic E-state index is 0.619. The second kappa shape index (κ2) is 6.74. The number of hydrogen-bond acceptors (Lipinski definition) is 4. The van der Waals surface area contributed by atoms with Crippen LogP contribution in [0, 0.1) is 11.3 Å². The average molecular weight is 273 g/mol. The number of methoxy groups -OCH3 is 1. The van der Waals surface area contributed by atoms with E-state index >= 15 is 0 Å². The third kappa shape index (κ3) is 3.30. The molecule has 0 bridgehead atoms. The molecule has 108 valence electrons. The molecule has 1 unspecified atom stereocenters. The van der Waals surface area contributed by atoms with Crippen molar-refractivity contribution in [2.45, 2.75) is 25.9 Å². The molecule has 1 aromatic rings. The summed E-state index contributed by atoms with van der Waals surface area (Å²) >= 11 is 0. The van der Waals surface area contributed by atoms with Gasteiger partial charge in [0, 0.05) is 37.8 Å². The highest BCUT2D eigenvalue weighted by molar-refractivity contribution is 5.42. The molecule has 0 amide bonds. The first-order valence-electron chi connectivity index (χ1n) is 7.17. The fourth-order valence-electron chi connectivity index (χ4n) is 2.81. The lowest BCUT2D eigenvalue weighted by Gasteiger charge is -2.39. The minimum Gasteiger partial charge on any atom is -0.496 e. The van der Waals surface area contributed by atoms with Crippen LogP contribution in [0.1, 0.15) is 24.5 Å². The summed E-state index contributed by atoms with van der Waals surface area (Å²) < 4.78 is 5.41. The van der Waals surface area contributed by atoms with E-state index in [1.807, 2.05) is 12.1 Å². The van der Waals surface area contributed by atoms with Gasteiger partial charge in [0.25, 0.3) is 0 Å². The van der Waals surface area contributed by atoms with Crippen molar-refractivity contribution in [3.05, 3.63) is 29.3 Å². The second-order valence-corrected chi connectivity index (χ2v) is 5.42. The number of nitriles is 1. The van der Waals surface area contributed by atoms with Gasteiger partial charge < -0.3 is 9.64 Å². The molecule has 1 fully saturated rings. The number of piperazine rings is 1. The number of rotatable bonds is 4. The smallest absolute Gasteiger partial charge is 0.123 e. The summed E-state index contributed by atoms with van der Waals surface area (Å²) in [5.74, 6) is 0.871. The normalized spacial score (nSPS) is 20.6. The third-order valence-corrected chi connectivity index (χ3v) is 4.14. The van der Waals surface area contributed by atoms with E-state index in [0.717, 1.165) is 37.5 Å². The summed E-state index contributed by atoms with van der Waals surface area (Å²) in [5, 5.41) is 9.04. The van der Waals surface area contributed by atoms with Gasteiger partial charge in [-0.1, -0.05) is 6.92 Å². The first kappa shape index (κ1) is 14.8. The number of likely N-dealkylation sites (N-methyl/N-ethyl adjacent to an activating group) is 1. The summed E-state index contributed by atoms with van der Waals surface area (Å²) in [6.07, 6.45) is 1.17. The van der Waals surface area contributed by atoms with E-state index in [-0.39, 0.29) is 0 Å². The third-order valence-electron chi connectivity index (χ3n) is 4.14. The van der Waals surface area contributed by atoms with Crippen LogP contribution < -0.4 is 4.74 Å². The van der Waals surface area contributed by atoms with E-state index in [2.05, 4.69) is 29.8 Å². The van der Waals surface area contributed by atoms with Gasteiger partial charge in [-0.2, -0.15) is 5.26 Å². The highest BCUT2D eigenvalue weighted by Crippen LogP contribution is 2.23. The van der Waals surface area contributed by atoms with E-state index in [1.54, 1.807) is 13.2 Å². The molecule has 0 aromatic heterocycles. The van der Waals surface area contributed by atoms with E-state index in [0.29, 0.717) is 11.6 Å². The molecule has 1 heterocycles. The molecule has 0 saturated carbocycles. The molecule has 0 radical (unpaired) electrons. The predicted octanol–water partition coefficient (Wildman–Crippen LogP) is 2.09. The average Bonchev–Trinajstić information content (AvgIpc) is 2.49. The first-order valence-corrected chi connectivity index (χ1v) is 7.17. The molecule has 4 nitrogen and oxygen atoms in total. The molecule has 2 rings (SSSR count). The lowest BCUT2D eigenvalue weighted by atomic mass is 10.1. The standard InChI is InChI=1S/C16H23N3O/c1-4-15-12-19(8-7-18(15)2)11-14-9-13(10-17)5-6-16(14)20-3/h5-6,9,15H,4,7-8,11-12H2,1-3H3. The Balaban J connectivity index is 2.11. The van der Waals surface area contributed by atoms with Crippen molar-refractivity contribution >= 4 is 0 Å². The van der Waals surface area contributed by atoms with Gasteiger partial charge in [0.2, 0.25) is 0 Å². The summed E-state index contributed by atoms with van der Waals surface area (Å²) in [5.41, 5.74) is 1.80.